The lowest BCUT2D eigenvalue weighted by Crippen LogP contribution is -2.76. The van der Waals surface area contributed by atoms with Crippen LogP contribution in [-0.4, -0.2) is 39.8 Å². The molecule has 0 aromatic carbocycles. The second-order valence-electron chi connectivity index (χ2n) is 6.34. The van der Waals surface area contributed by atoms with E-state index in [1.165, 1.54) is 29.8 Å². The SMILES string of the molecule is CCOC1CC(NC(=O)c2cccc(=O)n2C)(C(=O)O)C1(C)C. The normalized spacial score (nSPS) is 25.5. The standard InChI is InChI=1S/C16H22N2O5/c1-5-23-11-9-16(14(21)22,15(11,2)3)17-13(20)10-7-6-8-12(19)18(10)4/h6-8,11H,5,9H2,1-4H3,(H,17,20)(H,21,22). The number of rotatable bonds is 5. The minimum absolute atomic E-state index is 0.119. The lowest BCUT2D eigenvalue weighted by Gasteiger charge is -2.58. The minimum atomic E-state index is -1.42. The van der Waals surface area contributed by atoms with Gasteiger partial charge in [-0.15, -0.1) is 0 Å². The Balaban J connectivity index is 2.32. The third kappa shape index (κ3) is 2.55. The first-order chi connectivity index (χ1) is 10.7. The summed E-state index contributed by atoms with van der Waals surface area (Å²) < 4.78 is 6.75. The van der Waals surface area contributed by atoms with E-state index in [2.05, 4.69) is 5.32 Å². The van der Waals surface area contributed by atoms with E-state index in [-0.39, 0.29) is 23.8 Å². The Morgan fingerprint density at radius 2 is 2.09 bits per heavy atom. The van der Waals surface area contributed by atoms with Crippen molar-refractivity contribution in [3.63, 3.8) is 0 Å². The zero-order valence-electron chi connectivity index (χ0n) is 13.8. The molecule has 23 heavy (non-hydrogen) atoms. The van der Waals surface area contributed by atoms with Gasteiger partial charge < -0.3 is 19.7 Å². The van der Waals surface area contributed by atoms with Crippen molar-refractivity contribution in [3.05, 3.63) is 34.2 Å². The van der Waals surface area contributed by atoms with Crippen LogP contribution in [0.15, 0.2) is 23.0 Å². The van der Waals surface area contributed by atoms with Gasteiger partial charge in [0.05, 0.1) is 6.10 Å². The van der Waals surface area contributed by atoms with Crippen LogP contribution in [0.25, 0.3) is 0 Å². The van der Waals surface area contributed by atoms with E-state index < -0.39 is 22.8 Å². The van der Waals surface area contributed by atoms with Gasteiger partial charge >= 0.3 is 5.97 Å². The number of ether oxygens (including phenoxy) is 1. The lowest BCUT2D eigenvalue weighted by molar-refractivity contribution is -0.190. The molecule has 0 aliphatic heterocycles. The summed E-state index contributed by atoms with van der Waals surface area (Å²) in [7, 11) is 1.47. The van der Waals surface area contributed by atoms with Crippen LogP contribution in [0.4, 0.5) is 0 Å². The van der Waals surface area contributed by atoms with E-state index in [4.69, 9.17) is 4.74 Å². The molecule has 2 atom stereocenters. The van der Waals surface area contributed by atoms with Gasteiger partial charge in [-0.2, -0.15) is 0 Å². The fourth-order valence-electron chi connectivity index (χ4n) is 3.09. The highest BCUT2D eigenvalue weighted by Crippen LogP contribution is 2.51. The number of hydrogen-bond acceptors (Lipinski definition) is 4. The molecule has 7 nitrogen and oxygen atoms in total. The van der Waals surface area contributed by atoms with Gasteiger partial charge in [-0.25, -0.2) is 4.79 Å². The van der Waals surface area contributed by atoms with Gasteiger partial charge in [0, 0.05) is 31.6 Å². The molecule has 0 spiro atoms. The van der Waals surface area contributed by atoms with Crippen LogP contribution in [0.3, 0.4) is 0 Å². The molecular formula is C16H22N2O5. The van der Waals surface area contributed by atoms with Gasteiger partial charge in [-0.1, -0.05) is 19.9 Å². The summed E-state index contributed by atoms with van der Waals surface area (Å²) in [6.45, 7) is 5.84. The number of carboxylic acid groups (broad SMARTS) is 1. The lowest BCUT2D eigenvalue weighted by atomic mass is 9.54. The molecule has 0 saturated heterocycles. The molecule has 126 valence electrons. The number of carbonyl (C=O) groups excluding carboxylic acids is 1. The molecule has 0 radical (unpaired) electrons. The van der Waals surface area contributed by atoms with Gasteiger partial charge in [0.15, 0.2) is 0 Å². The Morgan fingerprint density at radius 1 is 1.43 bits per heavy atom. The first-order valence-corrected chi connectivity index (χ1v) is 7.51. The zero-order valence-corrected chi connectivity index (χ0v) is 13.8. The van der Waals surface area contributed by atoms with Crippen LogP contribution in [0, 0.1) is 5.41 Å². The maximum absolute atomic E-state index is 12.5. The fraction of sp³-hybridized carbons (Fsp3) is 0.562. The van der Waals surface area contributed by atoms with Crippen molar-refractivity contribution in [1.82, 2.24) is 9.88 Å². The molecule has 2 N–H and O–H groups in total. The molecule has 1 saturated carbocycles. The van der Waals surface area contributed by atoms with E-state index in [0.29, 0.717) is 6.61 Å². The number of carboxylic acids is 1. The highest BCUT2D eigenvalue weighted by Gasteiger charge is 2.66. The zero-order chi connectivity index (χ0) is 17.4. The smallest absolute Gasteiger partial charge is 0.330 e. The maximum Gasteiger partial charge on any atom is 0.330 e. The van der Waals surface area contributed by atoms with E-state index in [1.54, 1.807) is 13.8 Å². The number of aromatic nitrogens is 1. The van der Waals surface area contributed by atoms with Gasteiger partial charge in [-0.3, -0.25) is 9.59 Å². The highest BCUT2D eigenvalue weighted by molar-refractivity contribution is 5.97. The van der Waals surface area contributed by atoms with Crippen LogP contribution in [0.5, 0.6) is 0 Å². The molecule has 2 unspecified atom stereocenters. The maximum atomic E-state index is 12.5. The molecule has 1 amide bonds. The molecule has 1 aromatic heterocycles. The first kappa shape index (κ1) is 17.2. The number of hydrogen-bond donors (Lipinski definition) is 2. The van der Waals surface area contributed by atoms with Gasteiger partial charge in [-0.05, 0) is 13.0 Å². The highest BCUT2D eigenvalue weighted by atomic mass is 16.5. The molecule has 1 aliphatic carbocycles. The van der Waals surface area contributed by atoms with Crippen molar-refractivity contribution in [3.8, 4) is 0 Å². The van der Waals surface area contributed by atoms with E-state index >= 15 is 0 Å². The molecule has 1 fully saturated rings. The summed E-state index contributed by atoms with van der Waals surface area (Å²) in [4.78, 5) is 36.0. The molecule has 1 aromatic rings. The van der Waals surface area contributed by atoms with E-state index in [0.717, 1.165) is 0 Å². The van der Waals surface area contributed by atoms with Gasteiger partial charge in [0.25, 0.3) is 11.5 Å². The Hall–Kier alpha value is -2.15. The van der Waals surface area contributed by atoms with Crippen molar-refractivity contribution in [2.75, 3.05) is 6.61 Å². The number of nitrogens with zero attached hydrogens (tertiary/aromatic N) is 1. The van der Waals surface area contributed by atoms with Crippen molar-refractivity contribution in [1.29, 1.82) is 0 Å². The molecule has 7 heteroatoms. The fourth-order valence-corrected chi connectivity index (χ4v) is 3.09. The third-order valence-electron chi connectivity index (χ3n) is 4.87. The number of carbonyl (C=O) groups is 2. The van der Waals surface area contributed by atoms with Crippen LogP contribution in [0.1, 0.15) is 37.7 Å². The second kappa shape index (κ2) is 5.81. The molecule has 1 heterocycles. The summed E-state index contributed by atoms with van der Waals surface area (Å²) in [5.41, 5.74) is -2.40. The number of aliphatic carboxylic acids is 1. The van der Waals surface area contributed by atoms with Crippen molar-refractivity contribution >= 4 is 11.9 Å². The van der Waals surface area contributed by atoms with Crippen LogP contribution >= 0.6 is 0 Å². The van der Waals surface area contributed by atoms with Gasteiger partial charge in [0.2, 0.25) is 0 Å². The molecule has 1 aliphatic rings. The number of nitrogens with one attached hydrogen (secondary N) is 1. The van der Waals surface area contributed by atoms with E-state index in [1.807, 2.05) is 6.92 Å². The largest absolute Gasteiger partial charge is 0.479 e. The summed E-state index contributed by atoms with van der Waals surface area (Å²) in [6, 6.07) is 4.29. The summed E-state index contributed by atoms with van der Waals surface area (Å²) >= 11 is 0. The monoisotopic (exact) mass is 322 g/mol. The number of amides is 1. The average Bonchev–Trinajstić information content (AvgIpc) is 2.48. The predicted molar refractivity (Wildman–Crippen MR) is 83.3 cm³/mol. The predicted octanol–water partition coefficient (Wildman–Crippen LogP) is 0.773. The van der Waals surface area contributed by atoms with Crippen molar-refractivity contribution < 1.29 is 19.4 Å². The van der Waals surface area contributed by atoms with E-state index in [9.17, 15) is 19.5 Å². The summed E-state index contributed by atoms with van der Waals surface area (Å²) in [5, 5.41) is 12.3. The Kier molecular flexibility index (Phi) is 4.34. The molecule has 2 rings (SSSR count). The van der Waals surface area contributed by atoms with Gasteiger partial charge in [0.1, 0.15) is 11.2 Å². The Morgan fingerprint density at radius 3 is 2.61 bits per heavy atom. The Labute approximate surface area is 134 Å². The van der Waals surface area contributed by atoms with Crippen molar-refractivity contribution in [2.45, 2.75) is 38.8 Å². The van der Waals surface area contributed by atoms with Crippen LogP contribution in [-0.2, 0) is 16.6 Å². The topological polar surface area (TPSA) is 97.6 Å². The number of pyridine rings is 1. The third-order valence-corrected chi connectivity index (χ3v) is 4.87. The second-order valence-corrected chi connectivity index (χ2v) is 6.34. The quantitative estimate of drug-likeness (QED) is 0.834. The average molecular weight is 322 g/mol. The summed E-state index contributed by atoms with van der Waals surface area (Å²) in [6.07, 6.45) is -0.0566. The Bertz CT molecular complexity index is 694. The van der Waals surface area contributed by atoms with Crippen LogP contribution < -0.4 is 10.9 Å². The van der Waals surface area contributed by atoms with Crippen LogP contribution in [0.2, 0.25) is 0 Å². The first-order valence-electron chi connectivity index (χ1n) is 7.51. The minimum Gasteiger partial charge on any atom is -0.479 e. The molecular weight excluding hydrogens is 300 g/mol. The van der Waals surface area contributed by atoms with Crippen molar-refractivity contribution in [2.24, 2.45) is 12.5 Å². The molecule has 0 bridgehead atoms. The summed E-state index contributed by atoms with van der Waals surface area (Å²) in [5.74, 6) is -1.69.